The quantitative estimate of drug-likeness (QED) is 0.557. The number of benzene rings is 1. The van der Waals surface area contributed by atoms with Crippen molar-refractivity contribution in [1.82, 2.24) is 20.1 Å². The molecular formula is C22H26N8O3. The molecule has 0 unspecified atom stereocenters. The minimum absolute atomic E-state index is 0.0615. The van der Waals surface area contributed by atoms with Gasteiger partial charge in [-0.2, -0.15) is 4.98 Å². The van der Waals surface area contributed by atoms with Crippen LogP contribution in [0.3, 0.4) is 0 Å². The van der Waals surface area contributed by atoms with E-state index in [2.05, 4.69) is 32.4 Å². The monoisotopic (exact) mass is 450 g/mol. The molecule has 1 saturated heterocycles. The molecule has 11 heteroatoms. The molecule has 1 atom stereocenters. The Kier molecular flexibility index (Phi) is 6.20. The fraction of sp³-hybridized carbons (Fsp3) is 0.364. The Bertz CT molecular complexity index is 1120. The number of primary amides is 1. The van der Waals surface area contributed by atoms with E-state index < -0.39 is 5.91 Å². The lowest BCUT2D eigenvalue weighted by atomic mass is 10.0. The number of nitrogens with two attached hydrogens (primary N) is 1. The predicted molar refractivity (Wildman–Crippen MR) is 123 cm³/mol. The highest BCUT2D eigenvalue weighted by atomic mass is 16.2. The van der Waals surface area contributed by atoms with Gasteiger partial charge < -0.3 is 26.2 Å². The Hall–Kier alpha value is -4.02. The Morgan fingerprint density at radius 3 is 2.85 bits per heavy atom. The van der Waals surface area contributed by atoms with Gasteiger partial charge in [-0.05, 0) is 49.1 Å². The molecule has 172 valence electrons. The smallest absolute Gasteiger partial charge is 0.273 e. The van der Waals surface area contributed by atoms with Gasteiger partial charge in [0.05, 0.1) is 0 Å². The fourth-order valence-electron chi connectivity index (χ4n) is 4.12. The third kappa shape index (κ3) is 4.76. The summed E-state index contributed by atoms with van der Waals surface area (Å²) in [4.78, 5) is 43.5. The van der Waals surface area contributed by atoms with Crippen LogP contribution >= 0.6 is 0 Å². The SMILES string of the molecule is C=CC(=O)N1CCC[C@@H](Nc2nnc(C(N)=O)c(Nc3ccc4c(c3)CCC(=O)N4C)n2)C1. The molecular weight excluding hydrogens is 424 g/mol. The Morgan fingerprint density at radius 2 is 2.09 bits per heavy atom. The van der Waals surface area contributed by atoms with Gasteiger partial charge in [-0.15, -0.1) is 10.2 Å². The maximum atomic E-state index is 11.9. The number of aromatic nitrogens is 3. The van der Waals surface area contributed by atoms with Gasteiger partial charge in [0.15, 0.2) is 11.5 Å². The van der Waals surface area contributed by atoms with Gasteiger partial charge >= 0.3 is 0 Å². The van der Waals surface area contributed by atoms with Crippen LogP contribution in [-0.2, 0) is 16.0 Å². The highest BCUT2D eigenvalue weighted by Gasteiger charge is 2.24. The van der Waals surface area contributed by atoms with E-state index in [1.165, 1.54) is 6.08 Å². The summed E-state index contributed by atoms with van der Waals surface area (Å²) in [6.07, 6.45) is 4.04. The minimum atomic E-state index is -0.757. The molecule has 0 aliphatic carbocycles. The first-order valence-electron chi connectivity index (χ1n) is 10.7. The molecule has 1 aromatic heterocycles. The number of carbonyl (C=O) groups excluding carboxylic acids is 3. The van der Waals surface area contributed by atoms with Crippen LogP contribution in [0.1, 0.15) is 35.3 Å². The number of amides is 3. The summed E-state index contributed by atoms with van der Waals surface area (Å²) < 4.78 is 0. The summed E-state index contributed by atoms with van der Waals surface area (Å²) in [6, 6.07) is 5.50. The van der Waals surface area contributed by atoms with Gasteiger partial charge in [-0.1, -0.05) is 6.58 Å². The van der Waals surface area contributed by atoms with E-state index in [-0.39, 0.29) is 35.3 Å². The maximum Gasteiger partial charge on any atom is 0.273 e. The van der Waals surface area contributed by atoms with Crippen LogP contribution < -0.4 is 21.3 Å². The summed E-state index contributed by atoms with van der Waals surface area (Å²) in [5.41, 5.74) is 7.94. The number of piperidine rings is 1. The number of carbonyl (C=O) groups is 3. The number of hydrogen-bond acceptors (Lipinski definition) is 8. The van der Waals surface area contributed by atoms with Crippen molar-refractivity contribution in [2.45, 2.75) is 31.7 Å². The van der Waals surface area contributed by atoms with E-state index in [0.717, 1.165) is 24.1 Å². The molecule has 1 fully saturated rings. The molecule has 4 N–H and O–H groups in total. The first kappa shape index (κ1) is 22.2. The number of likely N-dealkylation sites (tertiary alicyclic amines) is 1. The molecule has 4 rings (SSSR count). The zero-order chi connectivity index (χ0) is 23.5. The molecule has 2 aliphatic heterocycles. The molecule has 1 aromatic carbocycles. The lowest BCUT2D eigenvalue weighted by molar-refractivity contribution is -0.127. The van der Waals surface area contributed by atoms with Crippen molar-refractivity contribution in [3.63, 3.8) is 0 Å². The van der Waals surface area contributed by atoms with Crippen molar-refractivity contribution in [2.24, 2.45) is 5.73 Å². The summed E-state index contributed by atoms with van der Waals surface area (Å²) in [6.45, 7) is 4.71. The van der Waals surface area contributed by atoms with Crippen molar-refractivity contribution >= 4 is 40.9 Å². The number of anilines is 4. The Labute approximate surface area is 191 Å². The van der Waals surface area contributed by atoms with E-state index in [4.69, 9.17) is 5.73 Å². The summed E-state index contributed by atoms with van der Waals surface area (Å²) in [7, 11) is 1.75. The van der Waals surface area contributed by atoms with Gasteiger partial charge in [-0.3, -0.25) is 14.4 Å². The van der Waals surface area contributed by atoms with E-state index >= 15 is 0 Å². The zero-order valence-corrected chi connectivity index (χ0v) is 18.4. The highest BCUT2D eigenvalue weighted by molar-refractivity contribution is 5.97. The van der Waals surface area contributed by atoms with Crippen LogP contribution in [0, 0.1) is 0 Å². The van der Waals surface area contributed by atoms with Crippen LogP contribution in [0.4, 0.5) is 23.1 Å². The molecule has 0 saturated carbocycles. The molecule has 3 heterocycles. The van der Waals surface area contributed by atoms with Gasteiger partial charge in [0.2, 0.25) is 17.8 Å². The summed E-state index contributed by atoms with van der Waals surface area (Å²) in [5, 5.41) is 14.3. The molecule has 3 amide bonds. The second kappa shape index (κ2) is 9.23. The lowest BCUT2D eigenvalue weighted by Gasteiger charge is -2.32. The van der Waals surface area contributed by atoms with E-state index in [1.54, 1.807) is 22.9 Å². The van der Waals surface area contributed by atoms with Crippen LogP contribution in [-0.4, -0.2) is 64.0 Å². The van der Waals surface area contributed by atoms with Gasteiger partial charge in [0.1, 0.15) is 0 Å². The number of nitrogens with zero attached hydrogens (tertiary/aromatic N) is 5. The molecule has 2 aromatic rings. The van der Waals surface area contributed by atoms with Crippen LogP contribution in [0.2, 0.25) is 0 Å². The zero-order valence-electron chi connectivity index (χ0n) is 18.4. The third-order valence-electron chi connectivity index (χ3n) is 5.85. The molecule has 33 heavy (non-hydrogen) atoms. The normalized spacial score (nSPS) is 17.8. The number of fused-ring (bicyclic) bond motifs is 1. The summed E-state index contributed by atoms with van der Waals surface area (Å²) >= 11 is 0. The lowest BCUT2D eigenvalue weighted by Crippen LogP contribution is -2.44. The Morgan fingerprint density at radius 1 is 1.27 bits per heavy atom. The number of aryl methyl sites for hydroxylation is 1. The van der Waals surface area contributed by atoms with E-state index in [9.17, 15) is 14.4 Å². The van der Waals surface area contributed by atoms with Crippen molar-refractivity contribution in [3.8, 4) is 0 Å². The van der Waals surface area contributed by atoms with Crippen molar-refractivity contribution < 1.29 is 14.4 Å². The van der Waals surface area contributed by atoms with Gasteiger partial charge in [0, 0.05) is 44.0 Å². The van der Waals surface area contributed by atoms with Crippen molar-refractivity contribution in [2.75, 3.05) is 35.7 Å². The molecule has 0 radical (unpaired) electrons. The maximum absolute atomic E-state index is 11.9. The highest BCUT2D eigenvalue weighted by Crippen LogP contribution is 2.30. The Balaban J connectivity index is 1.55. The number of hydrogen-bond donors (Lipinski definition) is 3. The van der Waals surface area contributed by atoms with Crippen LogP contribution in [0.15, 0.2) is 30.9 Å². The number of nitrogens with one attached hydrogen (secondary N) is 2. The van der Waals surface area contributed by atoms with E-state index in [1.807, 2.05) is 12.1 Å². The van der Waals surface area contributed by atoms with E-state index in [0.29, 0.717) is 31.6 Å². The number of rotatable bonds is 6. The predicted octanol–water partition coefficient (Wildman–Crippen LogP) is 1.21. The molecule has 0 bridgehead atoms. The largest absolute Gasteiger partial charge is 0.364 e. The van der Waals surface area contributed by atoms with Crippen LogP contribution in [0.5, 0.6) is 0 Å². The average Bonchev–Trinajstić information content (AvgIpc) is 2.81. The molecule has 2 aliphatic rings. The van der Waals surface area contributed by atoms with Gasteiger partial charge in [0.25, 0.3) is 5.91 Å². The standard InChI is InChI=1S/C22H26N8O3/c1-3-17(31)30-10-4-5-15(12-30)25-22-26-21(19(20(23)33)27-28-22)24-14-7-8-16-13(11-14)6-9-18(32)29(16)2/h3,7-8,11,15H,1,4-6,9-10,12H2,2H3,(H2,23,33)(H2,24,25,26,28)/t15-/m1/s1. The van der Waals surface area contributed by atoms with Crippen molar-refractivity contribution in [3.05, 3.63) is 42.1 Å². The van der Waals surface area contributed by atoms with Crippen molar-refractivity contribution in [1.29, 1.82) is 0 Å². The minimum Gasteiger partial charge on any atom is -0.364 e. The fourth-order valence-corrected chi connectivity index (χ4v) is 4.12. The first-order chi connectivity index (χ1) is 15.9. The average molecular weight is 451 g/mol. The van der Waals surface area contributed by atoms with Gasteiger partial charge in [-0.25, -0.2) is 0 Å². The second-order valence-corrected chi connectivity index (χ2v) is 8.09. The van der Waals surface area contributed by atoms with Crippen LogP contribution in [0.25, 0.3) is 0 Å². The topological polar surface area (TPSA) is 146 Å². The second-order valence-electron chi connectivity index (χ2n) is 8.09. The third-order valence-corrected chi connectivity index (χ3v) is 5.85. The molecule has 0 spiro atoms. The summed E-state index contributed by atoms with van der Waals surface area (Å²) in [5.74, 6) is -0.399. The first-order valence-corrected chi connectivity index (χ1v) is 10.7. The molecule has 11 nitrogen and oxygen atoms in total.